The Morgan fingerprint density at radius 2 is 2.21 bits per heavy atom. The van der Waals surface area contributed by atoms with Crippen molar-refractivity contribution in [1.82, 2.24) is 5.32 Å². The summed E-state index contributed by atoms with van der Waals surface area (Å²) in [5, 5.41) is 3.62. The second-order valence-corrected chi connectivity index (χ2v) is 6.63. The van der Waals surface area contributed by atoms with Gasteiger partial charge in [0.25, 0.3) is 0 Å². The van der Waals surface area contributed by atoms with Gasteiger partial charge < -0.3 is 15.0 Å². The van der Waals surface area contributed by atoms with E-state index in [4.69, 9.17) is 4.74 Å². The first-order chi connectivity index (χ1) is 8.96. The van der Waals surface area contributed by atoms with Gasteiger partial charge in [0.2, 0.25) is 0 Å². The van der Waals surface area contributed by atoms with Crippen molar-refractivity contribution in [1.29, 1.82) is 0 Å². The zero-order chi connectivity index (χ0) is 14.0. The molecule has 1 unspecified atom stereocenters. The number of hydrogen-bond acceptors (Lipinski definition) is 3. The lowest BCUT2D eigenvalue weighted by molar-refractivity contribution is 0.306. The number of methoxy groups -OCH3 is 1. The van der Waals surface area contributed by atoms with Gasteiger partial charge in [-0.15, -0.1) is 0 Å². The van der Waals surface area contributed by atoms with Crippen LogP contribution < -0.4 is 15.0 Å². The van der Waals surface area contributed by atoms with Crippen LogP contribution in [-0.2, 0) is 0 Å². The van der Waals surface area contributed by atoms with E-state index in [0.717, 1.165) is 29.7 Å². The molecule has 1 atom stereocenters. The van der Waals surface area contributed by atoms with Gasteiger partial charge in [0, 0.05) is 30.4 Å². The van der Waals surface area contributed by atoms with E-state index in [9.17, 15) is 0 Å². The SMILES string of the molecule is CCC1CNC(C)(C)CN1c1ccc(OC)c(Br)c1. The van der Waals surface area contributed by atoms with Crippen LogP contribution in [-0.4, -0.2) is 31.8 Å². The van der Waals surface area contributed by atoms with E-state index in [0.29, 0.717) is 6.04 Å². The molecule has 1 saturated heterocycles. The normalized spacial score (nSPS) is 22.4. The van der Waals surface area contributed by atoms with Gasteiger partial charge in [-0.05, 0) is 54.4 Å². The largest absolute Gasteiger partial charge is 0.496 e. The zero-order valence-electron chi connectivity index (χ0n) is 12.2. The number of nitrogens with zero attached hydrogens (tertiary/aromatic N) is 1. The molecule has 1 aromatic carbocycles. The van der Waals surface area contributed by atoms with Crippen LogP contribution in [0.4, 0.5) is 5.69 Å². The lowest BCUT2D eigenvalue weighted by Crippen LogP contribution is -2.61. The molecule has 0 bridgehead atoms. The fraction of sp³-hybridized carbons (Fsp3) is 0.600. The van der Waals surface area contributed by atoms with Gasteiger partial charge in [0.05, 0.1) is 11.6 Å². The molecule has 4 heteroatoms. The minimum absolute atomic E-state index is 0.151. The number of nitrogens with one attached hydrogen (secondary N) is 1. The van der Waals surface area contributed by atoms with Crippen LogP contribution in [0.15, 0.2) is 22.7 Å². The van der Waals surface area contributed by atoms with Gasteiger partial charge in [-0.2, -0.15) is 0 Å². The molecule has 106 valence electrons. The van der Waals surface area contributed by atoms with Gasteiger partial charge >= 0.3 is 0 Å². The molecule has 0 aliphatic carbocycles. The van der Waals surface area contributed by atoms with Crippen LogP contribution in [0.5, 0.6) is 5.75 Å². The van der Waals surface area contributed by atoms with Crippen LogP contribution in [0.2, 0.25) is 0 Å². The van der Waals surface area contributed by atoms with E-state index in [2.05, 4.69) is 59.1 Å². The third kappa shape index (κ3) is 3.23. The van der Waals surface area contributed by atoms with Gasteiger partial charge in [-0.1, -0.05) is 6.92 Å². The first-order valence-electron chi connectivity index (χ1n) is 6.82. The molecular weight excluding hydrogens is 304 g/mol. The molecule has 0 saturated carbocycles. The van der Waals surface area contributed by atoms with Gasteiger partial charge in [-0.25, -0.2) is 0 Å². The standard InChI is InChI=1S/C15H23BrN2O/c1-5-11-9-17-15(2,3)10-18(11)12-6-7-14(19-4)13(16)8-12/h6-8,11,17H,5,9-10H2,1-4H3. The highest BCUT2D eigenvalue weighted by molar-refractivity contribution is 9.10. The number of hydrogen-bond donors (Lipinski definition) is 1. The second kappa shape index (κ2) is 5.71. The van der Waals surface area contributed by atoms with E-state index in [-0.39, 0.29) is 5.54 Å². The van der Waals surface area contributed by atoms with Crippen LogP contribution >= 0.6 is 15.9 Å². The Balaban J connectivity index is 2.29. The molecule has 2 rings (SSSR count). The second-order valence-electron chi connectivity index (χ2n) is 5.77. The number of rotatable bonds is 3. The predicted molar refractivity (Wildman–Crippen MR) is 84.2 cm³/mol. The van der Waals surface area contributed by atoms with Crippen molar-refractivity contribution in [2.24, 2.45) is 0 Å². The minimum atomic E-state index is 0.151. The van der Waals surface area contributed by atoms with Crippen molar-refractivity contribution in [2.45, 2.75) is 38.8 Å². The molecule has 0 spiro atoms. The maximum absolute atomic E-state index is 5.30. The average molecular weight is 327 g/mol. The lowest BCUT2D eigenvalue weighted by atomic mass is 9.97. The Kier molecular flexibility index (Phi) is 4.41. The number of anilines is 1. The smallest absolute Gasteiger partial charge is 0.133 e. The number of ether oxygens (including phenoxy) is 1. The zero-order valence-corrected chi connectivity index (χ0v) is 13.8. The maximum Gasteiger partial charge on any atom is 0.133 e. The Bertz CT molecular complexity index is 448. The van der Waals surface area contributed by atoms with Gasteiger partial charge in [0.15, 0.2) is 0 Å². The first kappa shape index (κ1) is 14.7. The summed E-state index contributed by atoms with van der Waals surface area (Å²) in [6.07, 6.45) is 1.15. The van der Waals surface area contributed by atoms with Gasteiger partial charge in [0.1, 0.15) is 5.75 Å². The quantitative estimate of drug-likeness (QED) is 0.921. The third-order valence-electron chi connectivity index (χ3n) is 3.76. The molecule has 1 fully saturated rings. The highest BCUT2D eigenvalue weighted by atomic mass is 79.9. The summed E-state index contributed by atoms with van der Waals surface area (Å²) in [6, 6.07) is 6.88. The highest BCUT2D eigenvalue weighted by Crippen LogP contribution is 2.32. The number of piperazine rings is 1. The van der Waals surface area contributed by atoms with Crippen LogP contribution in [0, 0.1) is 0 Å². The molecule has 1 aliphatic rings. The van der Waals surface area contributed by atoms with Crippen LogP contribution in [0.25, 0.3) is 0 Å². The van der Waals surface area contributed by atoms with Crippen molar-refractivity contribution >= 4 is 21.6 Å². The van der Waals surface area contributed by atoms with Crippen LogP contribution in [0.1, 0.15) is 27.2 Å². The monoisotopic (exact) mass is 326 g/mol. The fourth-order valence-corrected chi connectivity index (χ4v) is 3.14. The fourth-order valence-electron chi connectivity index (χ4n) is 2.62. The third-order valence-corrected chi connectivity index (χ3v) is 4.38. The molecule has 1 heterocycles. The van der Waals surface area contributed by atoms with E-state index in [1.165, 1.54) is 5.69 Å². The van der Waals surface area contributed by atoms with Crippen molar-refractivity contribution < 1.29 is 4.74 Å². The Hall–Kier alpha value is -0.740. The molecule has 0 amide bonds. The van der Waals surface area contributed by atoms with Crippen molar-refractivity contribution in [3.63, 3.8) is 0 Å². The molecule has 0 aromatic heterocycles. The Morgan fingerprint density at radius 1 is 1.47 bits per heavy atom. The number of benzene rings is 1. The molecule has 3 nitrogen and oxygen atoms in total. The molecular formula is C15H23BrN2O. The molecule has 0 radical (unpaired) electrons. The highest BCUT2D eigenvalue weighted by Gasteiger charge is 2.31. The summed E-state index contributed by atoms with van der Waals surface area (Å²) in [5.41, 5.74) is 1.41. The summed E-state index contributed by atoms with van der Waals surface area (Å²) < 4.78 is 6.32. The number of halogens is 1. The topological polar surface area (TPSA) is 24.5 Å². The summed E-state index contributed by atoms with van der Waals surface area (Å²) >= 11 is 3.58. The summed E-state index contributed by atoms with van der Waals surface area (Å²) in [6.45, 7) is 8.81. The summed E-state index contributed by atoms with van der Waals surface area (Å²) in [4.78, 5) is 2.50. The van der Waals surface area contributed by atoms with E-state index in [1.54, 1.807) is 7.11 Å². The van der Waals surface area contributed by atoms with Crippen molar-refractivity contribution in [3.05, 3.63) is 22.7 Å². The Morgan fingerprint density at radius 3 is 2.79 bits per heavy atom. The van der Waals surface area contributed by atoms with Crippen molar-refractivity contribution in [2.75, 3.05) is 25.1 Å². The molecule has 1 aromatic rings. The van der Waals surface area contributed by atoms with E-state index >= 15 is 0 Å². The summed E-state index contributed by atoms with van der Waals surface area (Å²) in [7, 11) is 1.70. The van der Waals surface area contributed by atoms with E-state index < -0.39 is 0 Å². The predicted octanol–water partition coefficient (Wildman–Crippen LogP) is 3.42. The molecule has 1 aliphatic heterocycles. The molecule has 19 heavy (non-hydrogen) atoms. The Labute approximate surface area is 124 Å². The van der Waals surface area contributed by atoms with Crippen molar-refractivity contribution in [3.8, 4) is 5.75 Å². The summed E-state index contributed by atoms with van der Waals surface area (Å²) in [5.74, 6) is 0.881. The lowest BCUT2D eigenvalue weighted by Gasteiger charge is -2.46. The molecule has 1 N–H and O–H groups in total. The first-order valence-corrected chi connectivity index (χ1v) is 7.61. The average Bonchev–Trinajstić information content (AvgIpc) is 2.37. The van der Waals surface area contributed by atoms with E-state index in [1.807, 2.05) is 6.07 Å². The van der Waals surface area contributed by atoms with Gasteiger partial charge in [-0.3, -0.25) is 0 Å². The van der Waals surface area contributed by atoms with Crippen LogP contribution in [0.3, 0.4) is 0 Å². The maximum atomic E-state index is 5.30. The minimum Gasteiger partial charge on any atom is -0.496 e.